The molecule has 0 bridgehead atoms. The van der Waals surface area contributed by atoms with E-state index in [4.69, 9.17) is 17.3 Å². The van der Waals surface area contributed by atoms with Crippen LogP contribution in [0.4, 0.5) is 5.69 Å². The lowest BCUT2D eigenvalue weighted by Crippen LogP contribution is -2.28. The first-order valence-electron chi connectivity index (χ1n) is 4.62. The molecule has 0 saturated heterocycles. The number of hydrogen-bond donors (Lipinski definition) is 3. The second-order valence-electron chi connectivity index (χ2n) is 2.98. The van der Waals surface area contributed by atoms with Crippen LogP contribution in [0.15, 0.2) is 22.7 Å². The van der Waals surface area contributed by atoms with Crippen molar-refractivity contribution in [3.63, 3.8) is 0 Å². The zero-order valence-electron chi connectivity index (χ0n) is 8.58. The van der Waals surface area contributed by atoms with E-state index in [9.17, 15) is 4.79 Å². The predicted molar refractivity (Wildman–Crippen MR) is 71.0 cm³/mol. The first kappa shape index (κ1) is 12.9. The Labute approximate surface area is 107 Å². The monoisotopic (exact) mass is 302 g/mol. The summed E-state index contributed by atoms with van der Waals surface area (Å²) in [4.78, 5) is 11.0. The van der Waals surface area contributed by atoms with Crippen molar-refractivity contribution >= 4 is 44.9 Å². The van der Waals surface area contributed by atoms with E-state index in [2.05, 4.69) is 26.6 Å². The summed E-state index contributed by atoms with van der Waals surface area (Å²) >= 11 is 8.21. The number of benzene rings is 1. The molecule has 0 spiro atoms. The molecule has 0 aromatic heterocycles. The zero-order valence-corrected chi connectivity index (χ0v) is 11.0. The number of anilines is 1. The van der Waals surface area contributed by atoms with E-state index in [1.807, 2.05) is 6.92 Å². The maximum atomic E-state index is 11.0. The average molecular weight is 303 g/mol. The quantitative estimate of drug-likeness (QED) is 0.749. The topological polar surface area (TPSA) is 61.4 Å². The van der Waals surface area contributed by atoms with Gasteiger partial charge in [-0.05, 0) is 37.3 Å². The molecule has 0 fully saturated rings. The highest BCUT2D eigenvalue weighted by Gasteiger charge is 2.11. The number of halogens is 1. The summed E-state index contributed by atoms with van der Waals surface area (Å²) in [6, 6.07) is 4.94. The summed E-state index contributed by atoms with van der Waals surface area (Å²) in [5, 5.41) is 15.1. The lowest BCUT2D eigenvalue weighted by atomic mass is 10.2. The summed E-state index contributed by atoms with van der Waals surface area (Å²) in [7, 11) is 0. The maximum Gasteiger partial charge on any atom is 0.337 e. The summed E-state index contributed by atoms with van der Waals surface area (Å²) in [6.07, 6.45) is 0. The highest BCUT2D eigenvalue weighted by Crippen LogP contribution is 2.21. The van der Waals surface area contributed by atoms with E-state index in [1.165, 1.54) is 6.07 Å². The number of hydrogen-bond acceptors (Lipinski definition) is 2. The van der Waals surface area contributed by atoms with Crippen molar-refractivity contribution in [1.82, 2.24) is 5.32 Å². The van der Waals surface area contributed by atoms with Crippen LogP contribution in [0.5, 0.6) is 0 Å². The summed E-state index contributed by atoms with van der Waals surface area (Å²) in [5.41, 5.74) is 0.649. The molecule has 86 valence electrons. The van der Waals surface area contributed by atoms with Crippen molar-refractivity contribution in [2.45, 2.75) is 6.92 Å². The zero-order chi connectivity index (χ0) is 12.1. The highest BCUT2D eigenvalue weighted by atomic mass is 79.9. The van der Waals surface area contributed by atoms with E-state index < -0.39 is 5.97 Å². The standard InChI is InChI=1S/C10H11BrN2O2S/c1-2-12-10(16)13-8-4-3-6(11)5-7(8)9(14)15/h3-5H,2H2,1H3,(H,14,15)(H2,12,13,16). The smallest absolute Gasteiger partial charge is 0.337 e. The Balaban J connectivity index is 2.95. The summed E-state index contributed by atoms with van der Waals surface area (Å²) in [5.74, 6) is -0.997. The fourth-order valence-corrected chi connectivity index (χ4v) is 1.74. The first-order valence-corrected chi connectivity index (χ1v) is 5.82. The molecule has 0 aliphatic rings. The molecule has 0 saturated carbocycles. The molecule has 0 amide bonds. The van der Waals surface area contributed by atoms with E-state index in [1.54, 1.807) is 12.1 Å². The second-order valence-corrected chi connectivity index (χ2v) is 4.30. The number of aromatic carboxylic acids is 1. The molecule has 6 heteroatoms. The van der Waals surface area contributed by atoms with Gasteiger partial charge in [0.15, 0.2) is 5.11 Å². The number of rotatable bonds is 3. The van der Waals surface area contributed by atoms with Crippen LogP contribution in [-0.2, 0) is 0 Å². The van der Waals surface area contributed by atoms with Crippen LogP contribution in [0, 0.1) is 0 Å². The van der Waals surface area contributed by atoms with Gasteiger partial charge >= 0.3 is 5.97 Å². The molecular weight excluding hydrogens is 292 g/mol. The third kappa shape index (κ3) is 3.46. The fourth-order valence-electron chi connectivity index (χ4n) is 1.13. The van der Waals surface area contributed by atoms with Gasteiger partial charge in [0, 0.05) is 11.0 Å². The van der Waals surface area contributed by atoms with E-state index in [0.717, 1.165) is 0 Å². The Kier molecular flexibility index (Phi) is 4.70. The van der Waals surface area contributed by atoms with Crippen molar-refractivity contribution in [3.8, 4) is 0 Å². The van der Waals surface area contributed by atoms with E-state index in [0.29, 0.717) is 21.8 Å². The Morgan fingerprint density at radius 2 is 2.25 bits per heavy atom. The Morgan fingerprint density at radius 3 is 2.81 bits per heavy atom. The molecule has 0 unspecified atom stereocenters. The van der Waals surface area contributed by atoms with Crippen LogP contribution in [0.25, 0.3) is 0 Å². The molecule has 1 rings (SSSR count). The van der Waals surface area contributed by atoms with Gasteiger partial charge < -0.3 is 15.7 Å². The Morgan fingerprint density at radius 1 is 1.56 bits per heavy atom. The van der Waals surface area contributed by atoms with Crippen LogP contribution in [0.2, 0.25) is 0 Å². The minimum absolute atomic E-state index is 0.176. The number of carboxylic acid groups (broad SMARTS) is 1. The molecule has 16 heavy (non-hydrogen) atoms. The van der Waals surface area contributed by atoms with Crippen molar-refractivity contribution in [2.24, 2.45) is 0 Å². The number of carbonyl (C=O) groups is 1. The van der Waals surface area contributed by atoms with Crippen molar-refractivity contribution in [3.05, 3.63) is 28.2 Å². The second kappa shape index (κ2) is 5.81. The van der Waals surface area contributed by atoms with Gasteiger partial charge in [0.2, 0.25) is 0 Å². The molecule has 1 aromatic rings. The normalized spacial score (nSPS) is 9.62. The fraction of sp³-hybridized carbons (Fsp3) is 0.200. The van der Waals surface area contributed by atoms with Crippen molar-refractivity contribution in [2.75, 3.05) is 11.9 Å². The summed E-state index contributed by atoms with van der Waals surface area (Å²) < 4.78 is 0.713. The van der Waals surface area contributed by atoms with Gasteiger partial charge in [-0.25, -0.2) is 4.79 Å². The van der Waals surface area contributed by atoms with Gasteiger partial charge in [-0.3, -0.25) is 0 Å². The van der Waals surface area contributed by atoms with Gasteiger partial charge in [-0.1, -0.05) is 15.9 Å². The Hall–Kier alpha value is -1.14. The summed E-state index contributed by atoms with van der Waals surface area (Å²) in [6.45, 7) is 2.60. The molecule has 0 aliphatic heterocycles. The molecule has 4 nitrogen and oxygen atoms in total. The highest BCUT2D eigenvalue weighted by molar-refractivity contribution is 9.10. The molecule has 0 radical (unpaired) electrons. The van der Waals surface area contributed by atoms with Gasteiger partial charge in [-0.15, -0.1) is 0 Å². The maximum absolute atomic E-state index is 11.0. The minimum atomic E-state index is -0.997. The lowest BCUT2D eigenvalue weighted by molar-refractivity contribution is 0.0698. The molecule has 0 heterocycles. The van der Waals surface area contributed by atoms with Crippen LogP contribution in [0.1, 0.15) is 17.3 Å². The first-order chi connectivity index (χ1) is 7.54. The third-order valence-corrected chi connectivity index (χ3v) is 2.54. The van der Waals surface area contributed by atoms with Crippen molar-refractivity contribution < 1.29 is 9.90 Å². The largest absolute Gasteiger partial charge is 0.478 e. The van der Waals surface area contributed by atoms with Gasteiger partial charge in [0.25, 0.3) is 0 Å². The predicted octanol–water partition coefficient (Wildman–Crippen LogP) is 2.45. The van der Waals surface area contributed by atoms with Crippen molar-refractivity contribution in [1.29, 1.82) is 0 Å². The van der Waals surface area contributed by atoms with Crippen LogP contribution in [-0.4, -0.2) is 22.7 Å². The SMILES string of the molecule is CCNC(=S)Nc1ccc(Br)cc1C(=O)O. The number of thiocarbonyl (C=S) groups is 1. The molecule has 1 aromatic carbocycles. The van der Waals surface area contributed by atoms with Gasteiger partial charge in [0.05, 0.1) is 11.3 Å². The number of nitrogens with one attached hydrogen (secondary N) is 2. The lowest BCUT2D eigenvalue weighted by Gasteiger charge is -2.11. The molecule has 0 aliphatic carbocycles. The van der Waals surface area contributed by atoms with Crippen LogP contribution >= 0.6 is 28.1 Å². The van der Waals surface area contributed by atoms with Crippen LogP contribution in [0.3, 0.4) is 0 Å². The number of carboxylic acids is 1. The van der Waals surface area contributed by atoms with E-state index in [-0.39, 0.29) is 5.56 Å². The molecular formula is C10H11BrN2O2S. The van der Waals surface area contributed by atoms with Crippen LogP contribution < -0.4 is 10.6 Å². The van der Waals surface area contributed by atoms with E-state index >= 15 is 0 Å². The average Bonchev–Trinajstić information content (AvgIpc) is 2.20. The van der Waals surface area contributed by atoms with Gasteiger partial charge in [0.1, 0.15) is 0 Å². The molecule has 0 atom stereocenters. The Bertz CT molecular complexity index is 423. The minimum Gasteiger partial charge on any atom is -0.478 e. The molecule has 3 N–H and O–H groups in total. The van der Waals surface area contributed by atoms with Gasteiger partial charge in [-0.2, -0.15) is 0 Å². The third-order valence-electron chi connectivity index (χ3n) is 1.80.